The molecule has 1 aliphatic heterocycles. The summed E-state index contributed by atoms with van der Waals surface area (Å²) in [7, 11) is 1.86. The summed E-state index contributed by atoms with van der Waals surface area (Å²) in [5.41, 5.74) is 1.26. The number of carbonyl (C=O) groups is 1. The first-order valence-corrected chi connectivity index (χ1v) is 9.00. The van der Waals surface area contributed by atoms with Crippen LogP contribution >= 0.6 is 11.6 Å². The van der Waals surface area contributed by atoms with E-state index in [4.69, 9.17) is 11.6 Å². The van der Waals surface area contributed by atoms with Crippen molar-refractivity contribution in [2.45, 2.75) is 38.2 Å². The van der Waals surface area contributed by atoms with Gasteiger partial charge in [-0.1, -0.05) is 43.6 Å². The third kappa shape index (κ3) is 3.44. The van der Waals surface area contributed by atoms with Crippen LogP contribution in [0.2, 0.25) is 5.02 Å². The first-order chi connectivity index (χ1) is 11.8. The van der Waals surface area contributed by atoms with Crippen molar-refractivity contribution in [2.75, 3.05) is 13.1 Å². The Labute approximate surface area is 153 Å². The highest BCUT2D eigenvalue weighted by atomic mass is 35.5. The minimum atomic E-state index is -0.984. The smallest absolute Gasteiger partial charge is 0.274 e. The highest BCUT2D eigenvalue weighted by molar-refractivity contribution is 6.31. The van der Waals surface area contributed by atoms with E-state index >= 15 is 0 Å². The molecule has 1 saturated heterocycles. The van der Waals surface area contributed by atoms with Crippen molar-refractivity contribution in [3.8, 4) is 0 Å². The largest absolute Gasteiger partial charge is 0.385 e. The number of carbonyl (C=O) groups excluding carboxylic acids is 1. The number of nitrogens with zero attached hydrogens (tertiary/aromatic N) is 3. The number of halogens is 1. The zero-order chi connectivity index (χ0) is 18.2. The van der Waals surface area contributed by atoms with Crippen LogP contribution in [0.15, 0.2) is 30.3 Å². The average Bonchev–Trinajstić information content (AvgIpc) is 2.97. The molecule has 6 heteroatoms. The Morgan fingerprint density at radius 3 is 2.48 bits per heavy atom. The van der Waals surface area contributed by atoms with Gasteiger partial charge >= 0.3 is 0 Å². The van der Waals surface area contributed by atoms with Crippen molar-refractivity contribution >= 4 is 17.5 Å². The van der Waals surface area contributed by atoms with Gasteiger partial charge in [-0.2, -0.15) is 5.10 Å². The summed E-state index contributed by atoms with van der Waals surface area (Å²) in [6, 6.07) is 9.22. The number of hydrogen-bond donors (Lipinski definition) is 1. The zero-order valence-corrected chi connectivity index (χ0v) is 15.6. The molecule has 3 rings (SSSR count). The number of hydrogen-bond acceptors (Lipinski definition) is 3. The van der Waals surface area contributed by atoms with Gasteiger partial charge in [0.1, 0.15) is 0 Å². The van der Waals surface area contributed by atoms with E-state index in [0.717, 1.165) is 11.3 Å². The summed E-state index contributed by atoms with van der Waals surface area (Å²) < 4.78 is 1.77. The minimum absolute atomic E-state index is 0.0799. The van der Waals surface area contributed by atoms with E-state index in [1.165, 1.54) is 0 Å². The molecule has 5 nitrogen and oxygen atoms in total. The Morgan fingerprint density at radius 2 is 1.92 bits per heavy atom. The highest BCUT2D eigenvalue weighted by Crippen LogP contribution is 2.37. The number of aryl methyl sites for hydroxylation is 1. The quantitative estimate of drug-likeness (QED) is 0.912. The van der Waals surface area contributed by atoms with E-state index in [-0.39, 0.29) is 5.91 Å². The molecule has 1 aromatic carbocycles. The fraction of sp³-hybridized carbons (Fsp3) is 0.474. The molecule has 0 saturated carbocycles. The Bertz CT molecular complexity index is 777. The molecule has 0 aliphatic carbocycles. The number of aromatic nitrogens is 2. The zero-order valence-electron chi connectivity index (χ0n) is 14.9. The van der Waals surface area contributed by atoms with Crippen LogP contribution in [0.1, 0.15) is 54.4 Å². The molecule has 1 aliphatic rings. The maximum Gasteiger partial charge on any atom is 0.274 e. The summed E-state index contributed by atoms with van der Waals surface area (Å²) >= 11 is 6.24. The van der Waals surface area contributed by atoms with Gasteiger partial charge in [0, 0.05) is 36.4 Å². The summed E-state index contributed by atoms with van der Waals surface area (Å²) in [6.07, 6.45) is 0.929. The number of likely N-dealkylation sites (tertiary alicyclic amines) is 1. The van der Waals surface area contributed by atoms with E-state index in [0.29, 0.717) is 42.6 Å². The Kier molecular flexibility index (Phi) is 4.89. The maximum atomic E-state index is 12.7. The lowest BCUT2D eigenvalue weighted by Gasteiger charge is -2.38. The number of amides is 1. The molecule has 1 N–H and O–H groups in total. The number of rotatable bonds is 3. The van der Waals surface area contributed by atoms with E-state index in [2.05, 4.69) is 18.9 Å². The lowest BCUT2D eigenvalue weighted by Crippen LogP contribution is -2.45. The minimum Gasteiger partial charge on any atom is -0.385 e. The average molecular weight is 362 g/mol. The number of piperidine rings is 1. The first-order valence-electron chi connectivity index (χ1n) is 8.62. The molecule has 0 radical (unpaired) electrons. The van der Waals surface area contributed by atoms with Gasteiger partial charge in [-0.15, -0.1) is 0 Å². The lowest BCUT2D eigenvalue weighted by atomic mass is 9.84. The SMILES string of the molecule is CC(C)c1cc(C(=O)N2CCC(O)(c3ccccc3Cl)CC2)nn1C. The van der Waals surface area contributed by atoms with Crippen LogP contribution < -0.4 is 0 Å². The van der Waals surface area contributed by atoms with E-state index in [1.54, 1.807) is 15.6 Å². The molecule has 0 unspecified atom stereocenters. The van der Waals surface area contributed by atoms with Gasteiger partial charge < -0.3 is 10.0 Å². The van der Waals surface area contributed by atoms with Crippen LogP contribution in [0.5, 0.6) is 0 Å². The van der Waals surface area contributed by atoms with E-state index < -0.39 is 5.60 Å². The molecule has 0 bridgehead atoms. The van der Waals surface area contributed by atoms with Crippen LogP contribution in [-0.2, 0) is 12.6 Å². The Balaban J connectivity index is 1.73. The number of benzene rings is 1. The van der Waals surface area contributed by atoms with Crippen molar-refractivity contribution < 1.29 is 9.90 Å². The normalized spacial score (nSPS) is 17.1. The molecule has 2 heterocycles. The Hall–Kier alpha value is -1.85. The molecular formula is C19H24ClN3O2. The topological polar surface area (TPSA) is 58.4 Å². The number of aliphatic hydroxyl groups is 1. The molecule has 134 valence electrons. The molecular weight excluding hydrogens is 338 g/mol. The second-order valence-corrected chi connectivity index (χ2v) is 7.44. The monoisotopic (exact) mass is 361 g/mol. The summed E-state index contributed by atoms with van der Waals surface area (Å²) in [6.45, 7) is 5.12. The molecule has 0 spiro atoms. The van der Waals surface area contributed by atoms with Gasteiger partial charge in [-0.05, 0) is 30.9 Å². The summed E-state index contributed by atoms with van der Waals surface area (Å²) in [5, 5.41) is 15.9. The molecule has 1 fully saturated rings. The third-order valence-electron chi connectivity index (χ3n) is 4.98. The van der Waals surface area contributed by atoms with Gasteiger partial charge in [0.15, 0.2) is 5.69 Å². The fourth-order valence-electron chi connectivity index (χ4n) is 3.48. The predicted octanol–water partition coefficient (Wildman–Crippen LogP) is 3.32. The Morgan fingerprint density at radius 1 is 1.28 bits per heavy atom. The highest BCUT2D eigenvalue weighted by Gasteiger charge is 2.37. The van der Waals surface area contributed by atoms with E-state index in [1.807, 2.05) is 31.3 Å². The maximum absolute atomic E-state index is 12.7. The second kappa shape index (κ2) is 6.81. The van der Waals surface area contributed by atoms with Crippen LogP contribution in [-0.4, -0.2) is 38.8 Å². The van der Waals surface area contributed by atoms with Crippen LogP contribution in [0, 0.1) is 0 Å². The third-order valence-corrected chi connectivity index (χ3v) is 5.31. The van der Waals surface area contributed by atoms with Crippen molar-refractivity contribution in [3.05, 3.63) is 52.3 Å². The molecule has 25 heavy (non-hydrogen) atoms. The molecule has 2 aromatic rings. The van der Waals surface area contributed by atoms with Crippen molar-refractivity contribution in [3.63, 3.8) is 0 Å². The molecule has 0 atom stereocenters. The predicted molar refractivity (Wildman–Crippen MR) is 97.8 cm³/mol. The summed E-state index contributed by atoms with van der Waals surface area (Å²) in [5.74, 6) is 0.231. The first kappa shape index (κ1) is 18.0. The van der Waals surface area contributed by atoms with Gasteiger partial charge in [0.2, 0.25) is 0 Å². The molecule has 1 aromatic heterocycles. The summed E-state index contributed by atoms with van der Waals surface area (Å²) in [4.78, 5) is 14.5. The van der Waals surface area contributed by atoms with Gasteiger partial charge in [-0.3, -0.25) is 9.48 Å². The second-order valence-electron chi connectivity index (χ2n) is 7.04. The van der Waals surface area contributed by atoms with Crippen LogP contribution in [0.4, 0.5) is 0 Å². The molecule has 1 amide bonds. The fourth-order valence-corrected chi connectivity index (χ4v) is 3.79. The van der Waals surface area contributed by atoms with Gasteiger partial charge in [0.05, 0.1) is 5.60 Å². The van der Waals surface area contributed by atoms with Crippen molar-refractivity contribution in [1.29, 1.82) is 0 Å². The van der Waals surface area contributed by atoms with Crippen LogP contribution in [0.25, 0.3) is 0 Å². The van der Waals surface area contributed by atoms with E-state index in [9.17, 15) is 9.90 Å². The lowest BCUT2D eigenvalue weighted by molar-refractivity contribution is -0.0212. The van der Waals surface area contributed by atoms with Gasteiger partial charge in [0.25, 0.3) is 5.91 Å². The van der Waals surface area contributed by atoms with Crippen molar-refractivity contribution in [2.24, 2.45) is 7.05 Å². The van der Waals surface area contributed by atoms with Crippen LogP contribution in [0.3, 0.4) is 0 Å². The van der Waals surface area contributed by atoms with Crippen molar-refractivity contribution in [1.82, 2.24) is 14.7 Å². The van der Waals surface area contributed by atoms with Gasteiger partial charge in [-0.25, -0.2) is 0 Å². The standard InChI is InChI=1S/C19H24ClN3O2/c1-13(2)17-12-16(21-22(17)3)18(24)23-10-8-19(25,9-11-23)14-6-4-5-7-15(14)20/h4-7,12-13,25H,8-11H2,1-3H3.